The van der Waals surface area contributed by atoms with E-state index in [1.165, 1.54) is 51.4 Å². The molecule has 0 spiro atoms. The average Bonchev–Trinajstić information content (AvgIpc) is 2.44. The molecule has 1 unspecified atom stereocenters. The fourth-order valence-electron chi connectivity index (χ4n) is 3.46. The minimum absolute atomic E-state index is 0.123. The van der Waals surface area contributed by atoms with E-state index in [-0.39, 0.29) is 5.54 Å². The van der Waals surface area contributed by atoms with Crippen molar-refractivity contribution in [2.45, 2.75) is 90.0 Å². The van der Waals surface area contributed by atoms with Crippen molar-refractivity contribution >= 4 is 5.78 Å². The quantitative estimate of drug-likeness (QED) is 0.667. The zero-order chi connectivity index (χ0) is 14.1. The van der Waals surface area contributed by atoms with Crippen molar-refractivity contribution in [3.05, 3.63) is 0 Å². The highest BCUT2D eigenvalue weighted by molar-refractivity contribution is 5.79. The Labute approximate surface area is 119 Å². The summed E-state index contributed by atoms with van der Waals surface area (Å²) >= 11 is 0. The van der Waals surface area contributed by atoms with Crippen LogP contribution in [-0.2, 0) is 4.79 Å². The summed E-state index contributed by atoms with van der Waals surface area (Å²) in [4.78, 5) is 12.4. The smallest absolute Gasteiger partial charge is 0.135 e. The maximum atomic E-state index is 12.4. The van der Waals surface area contributed by atoms with Crippen molar-refractivity contribution < 1.29 is 4.79 Å². The van der Waals surface area contributed by atoms with Gasteiger partial charge in [-0.1, -0.05) is 58.8 Å². The fraction of sp³-hybridized carbons (Fsp3) is 0.941. The van der Waals surface area contributed by atoms with Crippen LogP contribution in [0.3, 0.4) is 0 Å². The second kappa shape index (κ2) is 8.73. The van der Waals surface area contributed by atoms with Gasteiger partial charge in [-0.05, 0) is 25.8 Å². The van der Waals surface area contributed by atoms with Crippen LogP contribution in [0.2, 0.25) is 0 Å². The van der Waals surface area contributed by atoms with Gasteiger partial charge in [-0.25, -0.2) is 0 Å². The number of nitrogens with one attached hydrogen (secondary N) is 1. The van der Waals surface area contributed by atoms with Crippen LogP contribution in [0.25, 0.3) is 0 Å². The first kappa shape index (κ1) is 16.7. The molecule has 1 aliphatic carbocycles. The van der Waals surface area contributed by atoms with E-state index in [2.05, 4.69) is 19.2 Å². The van der Waals surface area contributed by atoms with Gasteiger partial charge in [0.05, 0.1) is 0 Å². The van der Waals surface area contributed by atoms with Gasteiger partial charge in [0.1, 0.15) is 5.78 Å². The molecule has 2 nitrogen and oxygen atoms in total. The maximum Gasteiger partial charge on any atom is 0.135 e. The number of hydrogen-bond acceptors (Lipinski definition) is 2. The van der Waals surface area contributed by atoms with Crippen LogP contribution in [-0.4, -0.2) is 18.4 Å². The molecular weight excluding hydrogens is 234 g/mol. The van der Waals surface area contributed by atoms with E-state index in [9.17, 15) is 4.79 Å². The third-order valence-electron chi connectivity index (χ3n) is 4.94. The fourth-order valence-corrected chi connectivity index (χ4v) is 3.46. The molecule has 1 fully saturated rings. The Morgan fingerprint density at radius 1 is 1.21 bits per heavy atom. The second-order valence-corrected chi connectivity index (χ2v) is 6.43. The minimum Gasteiger partial charge on any atom is -0.314 e. The third-order valence-corrected chi connectivity index (χ3v) is 4.94. The first-order valence-corrected chi connectivity index (χ1v) is 8.36. The van der Waals surface area contributed by atoms with Gasteiger partial charge in [-0.2, -0.15) is 0 Å². The Balaban J connectivity index is 2.43. The molecule has 0 saturated heterocycles. The van der Waals surface area contributed by atoms with Crippen LogP contribution in [0, 0.1) is 5.92 Å². The van der Waals surface area contributed by atoms with Crippen LogP contribution in [0.1, 0.15) is 84.5 Å². The van der Waals surface area contributed by atoms with Crippen molar-refractivity contribution in [1.82, 2.24) is 5.32 Å². The van der Waals surface area contributed by atoms with Gasteiger partial charge in [-0.15, -0.1) is 0 Å². The van der Waals surface area contributed by atoms with Crippen molar-refractivity contribution in [3.63, 3.8) is 0 Å². The van der Waals surface area contributed by atoms with Gasteiger partial charge in [0, 0.05) is 18.4 Å². The molecule has 0 bridgehead atoms. The number of hydrogen-bond donors (Lipinski definition) is 1. The van der Waals surface area contributed by atoms with Crippen LogP contribution >= 0.6 is 0 Å². The predicted molar refractivity (Wildman–Crippen MR) is 82.4 cm³/mol. The molecule has 1 saturated carbocycles. The number of carbonyl (C=O) groups excluding carboxylic acids is 1. The number of ketones is 1. The molecule has 112 valence electrons. The lowest BCUT2D eigenvalue weighted by atomic mass is 9.77. The standard InChI is InChI=1S/C17H33NO/c1-4-6-10-15(5-2)13-16(19)14-17(18-3)11-8-7-9-12-17/h15,18H,4-14H2,1-3H3. The summed E-state index contributed by atoms with van der Waals surface area (Å²) < 4.78 is 0. The molecule has 19 heavy (non-hydrogen) atoms. The maximum absolute atomic E-state index is 12.4. The number of Topliss-reactive ketones (excluding diaryl/α,β-unsaturated/α-hetero) is 1. The third kappa shape index (κ3) is 5.64. The van der Waals surface area contributed by atoms with Gasteiger partial charge in [0.25, 0.3) is 0 Å². The molecule has 1 atom stereocenters. The Morgan fingerprint density at radius 2 is 1.89 bits per heavy atom. The Bertz CT molecular complexity index is 256. The molecule has 0 amide bonds. The Kier molecular flexibility index (Phi) is 7.67. The van der Waals surface area contributed by atoms with Gasteiger partial charge < -0.3 is 5.32 Å². The second-order valence-electron chi connectivity index (χ2n) is 6.43. The summed E-state index contributed by atoms with van der Waals surface area (Å²) in [7, 11) is 2.03. The number of carbonyl (C=O) groups is 1. The van der Waals surface area contributed by atoms with Crippen LogP contribution < -0.4 is 5.32 Å². The molecule has 0 aromatic heterocycles. The molecular formula is C17H33NO. The zero-order valence-corrected chi connectivity index (χ0v) is 13.3. The van der Waals surface area contributed by atoms with Crippen molar-refractivity contribution in [1.29, 1.82) is 0 Å². The van der Waals surface area contributed by atoms with E-state index in [0.717, 1.165) is 19.3 Å². The summed E-state index contributed by atoms with van der Waals surface area (Å²) in [6.07, 6.45) is 12.7. The van der Waals surface area contributed by atoms with Crippen molar-refractivity contribution in [3.8, 4) is 0 Å². The summed E-state index contributed by atoms with van der Waals surface area (Å²) in [5.41, 5.74) is 0.123. The predicted octanol–water partition coefficient (Wildman–Crippen LogP) is 4.47. The van der Waals surface area contributed by atoms with Gasteiger partial charge in [-0.3, -0.25) is 4.79 Å². The van der Waals surface area contributed by atoms with E-state index in [0.29, 0.717) is 11.7 Å². The lowest BCUT2D eigenvalue weighted by Gasteiger charge is -2.37. The average molecular weight is 267 g/mol. The number of rotatable bonds is 9. The molecule has 0 heterocycles. The Morgan fingerprint density at radius 3 is 2.42 bits per heavy atom. The van der Waals surface area contributed by atoms with E-state index in [4.69, 9.17) is 0 Å². The lowest BCUT2D eigenvalue weighted by molar-refractivity contribution is -0.121. The van der Waals surface area contributed by atoms with Crippen LogP contribution in [0.15, 0.2) is 0 Å². The van der Waals surface area contributed by atoms with E-state index < -0.39 is 0 Å². The van der Waals surface area contributed by atoms with Gasteiger partial charge >= 0.3 is 0 Å². The minimum atomic E-state index is 0.123. The van der Waals surface area contributed by atoms with E-state index in [1.807, 2.05) is 7.05 Å². The molecule has 0 aromatic carbocycles. The molecule has 1 rings (SSSR count). The molecule has 0 aromatic rings. The van der Waals surface area contributed by atoms with E-state index in [1.54, 1.807) is 0 Å². The van der Waals surface area contributed by atoms with E-state index >= 15 is 0 Å². The van der Waals surface area contributed by atoms with Crippen molar-refractivity contribution in [2.75, 3.05) is 7.05 Å². The highest BCUT2D eigenvalue weighted by atomic mass is 16.1. The SMILES string of the molecule is CCCCC(CC)CC(=O)CC1(NC)CCCCC1. The first-order valence-electron chi connectivity index (χ1n) is 8.36. The summed E-state index contributed by atoms with van der Waals surface area (Å²) in [5.74, 6) is 1.10. The van der Waals surface area contributed by atoms with Gasteiger partial charge in [0.2, 0.25) is 0 Å². The van der Waals surface area contributed by atoms with Gasteiger partial charge in [0.15, 0.2) is 0 Å². The summed E-state index contributed by atoms with van der Waals surface area (Å²) in [5, 5.41) is 3.46. The number of unbranched alkanes of at least 4 members (excludes halogenated alkanes) is 1. The monoisotopic (exact) mass is 267 g/mol. The molecule has 1 N–H and O–H groups in total. The molecule has 1 aliphatic rings. The van der Waals surface area contributed by atoms with Crippen LogP contribution in [0.4, 0.5) is 0 Å². The molecule has 0 radical (unpaired) electrons. The van der Waals surface area contributed by atoms with Crippen LogP contribution in [0.5, 0.6) is 0 Å². The Hall–Kier alpha value is -0.370. The molecule has 2 heteroatoms. The lowest BCUT2D eigenvalue weighted by Crippen LogP contribution is -2.46. The highest BCUT2D eigenvalue weighted by Gasteiger charge is 2.32. The summed E-state index contributed by atoms with van der Waals surface area (Å²) in [6, 6.07) is 0. The molecule has 0 aliphatic heterocycles. The topological polar surface area (TPSA) is 29.1 Å². The normalized spacial score (nSPS) is 20.2. The van der Waals surface area contributed by atoms with Crippen molar-refractivity contribution in [2.24, 2.45) is 5.92 Å². The zero-order valence-electron chi connectivity index (χ0n) is 13.3. The summed E-state index contributed by atoms with van der Waals surface area (Å²) in [6.45, 7) is 4.45. The first-order chi connectivity index (χ1) is 9.15. The highest BCUT2D eigenvalue weighted by Crippen LogP contribution is 2.32. The largest absolute Gasteiger partial charge is 0.314 e.